The third-order valence-corrected chi connectivity index (χ3v) is 3.69. The van der Waals surface area contributed by atoms with Crippen LogP contribution in [0.4, 0.5) is 0 Å². The van der Waals surface area contributed by atoms with Crippen molar-refractivity contribution in [3.63, 3.8) is 0 Å². The first-order valence-corrected chi connectivity index (χ1v) is 8.40. The number of rotatable bonds is 11. The van der Waals surface area contributed by atoms with Gasteiger partial charge < -0.3 is 19.0 Å². The summed E-state index contributed by atoms with van der Waals surface area (Å²) in [7, 11) is 1.63. The van der Waals surface area contributed by atoms with Crippen molar-refractivity contribution in [3.8, 4) is 0 Å². The quantitative estimate of drug-likeness (QED) is 0.518. The summed E-state index contributed by atoms with van der Waals surface area (Å²) in [5.41, 5.74) is -0.855. The van der Waals surface area contributed by atoms with Crippen molar-refractivity contribution in [3.05, 3.63) is 0 Å². The molecule has 0 aromatic heterocycles. The zero-order valence-electron chi connectivity index (χ0n) is 15.8. The molecule has 0 radical (unpaired) electrons. The van der Waals surface area contributed by atoms with Crippen LogP contribution in [0.15, 0.2) is 0 Å². The number of hydrogen-bond donors (Lipinski definition) is 0. The second-order valence-electron chi connectivity index (χ2n) is 7.19. The number of carbonyl (C=O) groups is 3. The van der Waals surface area contributed by atoms with Crippen LogP contribution in [0.2, 0.25) is 0 Å². The van der Waals surface area contributed by atoms with Crippen LogP contribution >= 0.6 is 0 Å². The van der Waals surface area contributed by atoms with E-state index in [4.69, 9.17) is 19.0 Å². The molecule has 8 nitrogen and oxygen atoms in total. The van der Waals surface area contributed by atoms with E-state index in [0.29, 0.717) is 24.7 Å². The van der Waals surface area contributed by atoms with Gasteiger partial charge in [-0.2, -0.15) is 0 Å². The van der Waals surface area contributed by atoms with Gasteiger partial charge in [-0.25, -0.2) is 4.79 Å². The van der Waals surface area contributed by atoms with E-state index in [0.717, 1.165) is 0 Å². The van der Waals surface area contributed by atoms with Crippen LogP contribution in [0.1, 0.15) is 53.4 Å². The van der Waals surface area contributed by atoms with Crippen LogP contribution in [0, 0.1) is 0 Å². The Morgan fingerprint density at radius 1 is 1.00 bits per heavy atom. The molecule has 25 heavy (non-hydrogen) atoms. The number of ether oxygens (including phenoxy) is 3. The van der Waals surface area contributed by atoms with E-state index in [1.165, 1.54) is 0 Å². The summed E-state index contributed by atoms with van der Waals surface area (Å²) in [6, 6.07) is 0. The Hall–Kier alpha value is -1.51. The van der Waals surface area contributed by atoms with Gasteiger partial charge >= 0.3 is 5.97 Å². The highest BCUT2D eigenvalue weighted by atomic mass is 16.7. The molecule has 1 saturated heterocycles. The Morgan fingerprint density at radius 2 is 1.56 bits per heavy atom. The molecule has 144 valence electrons. The van der Waals surface area contributed by atoms with Crippen LogP contribution in [0.5, 0.6) is 0 Å². The lowest BCUT2D eigenvalue weighted by atomic mass is 10.1. The second-order valence-corrected chi connectivity index (χ2v) is 7.19. The maximum absolute atomic E-state index is 11.7. The van der Waals surface area contributed by atoms with Crippen LogP contribution in [-0.4, -0.2) is 61.0 Å². The molecule has 0 saturated carbocycles. The molecule has 2 amide bonds. The zero-order valence-corrected chi connectivity index (χ0v) is 15.8. The minimum atomic E-state index is -0.670. The molecule has 0 spiro atoms. The van der Waals surface area contributed by atoms with Gasteiger partial charge in [-0.05, 0) is 34.1 Å². The summed E-state index contributed by atoms with van der Waals surface area (Å²) in [5.74, 6) is -1.65. The summed E-state index contributed by atoms with van der Waals surface area (Å²) < 4.78 is 16.6. The number of hydroxylamine groups is 2. The van der Waals surface area contributed by atoms with Crippen LogP contribution < -0.4 is 0 Å². The zero-order chi connectivity index (χ0) is 19.1. The number of imide groups is 1. The van der Waals surface area contributed by atoms with E-state index in [2.05, 4.69) is 0 Å². The van der Waals surface area contributed by atoms with E-state index in [9.17, 15) is 14.4 Å². The van der Waals surface area contributed by atoms with Gasteiger partial charge in [0.1, 0.15) is 0 Å². The summed E-state index contributed by atoms with van der Waals surface area (Å²) >= 11 is 0. The highest BCUT2D eigenvalue weighted by molar-refractivity contribution is 6.01. The van der Waals surface area contributed by atoms with Crippen molar-refractivity contribution in [2.75, 3.05) is 26.9 Å². The Kier molecular flexibility index (Phi) is 7.98. The molecule has 0 aromatic carbocycles. The smallest absolute Gasteiger partial charge is 0.335 e. The first-order chi connectivity index (χ1) is 11.6. The molecular weight excluding hydrogens is 330 g/mol. The van der Waals surface area contributed by atoms with E-state index in [1.54, 1.807) is 7.11 Å². The van der Waals surface area contributed by atoms with Crippen molar-refractivity contribution >= 4 is 17.8 Å². The molecule has 1 rings (SSSR count). The topological polar surface area (TPSA) is 91.4 Å². The molecule has 0 atom stereocenters. The SMILES string of the molecule is COCC(C)(C)OCCC(C)(C)OCCC(=O)ON1C(=O)CCC1=O. The van der Waals surface area contributed by atoms with Gasteiger partial charge in [-0.1, -0.05) is 0 Å². The molecular formula is C17H29NO7. The first kappa shape index (κ1) is 21.5. The normalized spacial score (nSPS) is 15.8. The number of hydrogen-bond acceptors (Lipinski definition) is 7. The minimum Gasteiger partial charge on any atom is -0.382 e. The van der Waals surface area contributed by atoms with Gasteiger partial charge in [0, 0.05) is 20.0 Å². The Bertz CT molecular complexity index is 471. The summed E-state index contributed by atoms with van der Waals surface area (Å²) in [6.45, 7) is 8.81. The van der Waals surface area contributed by atoms with Gasteiger partial charge in [0.15, 0.2) is 0 Å². The predicted molar refractivity (Wildman–Crippen MR) is 88.4 cm³/mol. The summed E-state index contributed by atoms with van der Waals surface area (Å²) in [6.07, 6.45) is 0.749. The van der Waals surface area contributed by atoms with Gasteiger partial charge in [0.05, 0.1) is 37.4 Å². The standard InChI is InChI=1S/C17H29NO7/c1-16(2,9-11-24-17(3,4)12-22-5)23-10-8-15(21)25-18-13(19)6-7-14(18)20/h6-12H2,1-5H3. The third kappa shape index (κ3) is 7.94. The Labute approximate surface area is 148 Å². The predicted octanol–water partition coefficient (Wildman–Crippen LogP) is 1.61. The van der Waals surface area contributed by atoms with Crippen LogP contribution in [-0.2, 0) is 33.4 Å². The molecule has 0 unspecified atom stereocenters. The van der Waals surface area contributed by atoms with E-state index in [1.807, 2.05) is 27.7 Å². The molecule has 0 aromatic rings. The van der Waals surface area contributed by atoms with Crippen molar-refractivity contribution in [2.24, 2.45) is 0 Å². The highest BCUT2D eigenvalue weighted by Crippen LogP contribution is 2.18. The lowest BCUT2D eigenvalue weighted by molar-refractivity contribution is -0.198. The maximum atomic E-state index is 11.7. The van der Waals surface area contributed by atoms with E-state index < -0.39 is 23.4 Å². The third-order valence-electron chi connectivity index (χ3n) is 3.69. The maximum Gasteiger partial charge on any atom is 0.335 e. The van der Waals surface area contributed by atoms with E-state index in [-0.39, 0.29) is 31.5 Å². The average molecular weight is 359 g/mol. The summed E-state index contributed by atoms with van der Waals surface area (Å²) in [4.78, 5) is 39.2. The fourth-order valence-electron chi connectivity index (χ4n) is 2.25. The molecule has 1 heterocycles. The van der Waals surface area contributed by atoms with Gasteiger partial charge in [-0.15, -0.1) is 5.06 Å². The second kappa shape index (κ2) is 9.26. The van der Waals surface area contributed by atoms with Crippen molar-refractivity contribution in [1.82, 2.24) is 5.06 Å². The monoisotopic (exact) mass is 359 g/mol. The summed E-state index contributed by atoms with van der Waals surface area (Å²) in [5, 5.41) is 0.541. The molecule has 1 aliphatic rings. The number of nitrogens with zero attached hydrogens (tertiary/aromatic N) is 1. The number of amides is 2. The number of methoxy groups -OCH3 is 1. The van der Waals surface area contributed by atoms with Crippen molar-refractivity contribution < 1.29 is 33.4 Å². The van der Waals surface area contributed by atoms with Gasteiger partial charge in [-0.3, -0.25) is 9.59 Å². The fourth-order valence-corrected chi connectivity index (χ4v) is 2.25. The van der Waals surface area contributed by atoms with Crippen molar-refractivity contribution in [2.45, 2.75) is 64.6 Å². The first-order valence-electron chi connectivity index (χ1n) is 8.40. The molecule has 0 bridgehead atoms. The largest absolute Gasteiger partial charge is 0.382 e. The molecule has 1 aliphatic heterocycles. The lowest BCUT2D eigenvalue weighted by Crippen LogP contribution is -2.35. The number of carbonyl (C=O) groups excluding carboxylic acids is 3. The van der Waals surface area contributed by atoms with Gasteiger partial charge in [0.25, 0.3) is 11.8 Å². The highest BCUT2D eigenvalue weighted by Gasteiger charge is 2.32. The molecule has 1 fully saturated rings. The van der Waals surface area contributed by atoms with Crippen LogP contribution in [0.3, 0.4) is 0 Å². The van der Waals surface area contributed by atoms with Crippen molar-refractivity contribution in [1.29, 1.82) is 0 Å². The average Bonchev–Trinajstić information content (AvgIpc) is 2.78. The minimum absolute atomic E-state index is 0.0451. The lowest BCUT2D eigenvalue weighted by Gasteiger charge is -2.29. The molecule has 0 aliphatic carbocycles. The molecule has 0 N–H and O–H groups in total. The van der Waals surface area contributed by atoms with E-state index >= 15 is 0 Å². The molecule has 8 heteroatoms. The Morgan fingerprint density at radius 3 is 2.12 bits per heavy atom. The fraction of sp³-hybridized carbons (Fsp3) is 0.824. The van der Waals surface area contributed by atoms with Crippen LogP contribution in [0.25, 0.3) is 0 Å². The Balaban J connectivity index is 2.25. The van der Waals surface area contributed by atoms with Gasteiger partial charge in [0.2, 0.25) is 0 Å².